The van der Waals surface area contributed by atoms with Gasteiger partial charge in [-0.25, -0.2) is 4.79 Å². The number of nitro benzene ring substituents is 1. The zero-order valence-electron chi connectivity index (χ0n) is 17.4. The Kier molecular flexibility index (Phi) is 6.27. The van der Waals surface area contributed by atoms with Gasteiger partial charge in [-0.2, -0.15) is 0 Å². The van der Waals surface area contributed by atoms with Crippen LogP contribution in [0.4, 0.5) is 5.69 Å². The van der Waals surface area contributed by atoms with E-state index >= 15 is 0 Å². The number of non-ortho nitro benzene ring substituents is 1. The van der Waals surface area contributed by atoms with Crippen LogP contribution in [0.2, 0.25) is 0 Å². The molecule has 2 aliphatic heterocycles. The Labute approximate surface area is 199 Å². The number of halogens is 1. The molecule has 1 N–H and O–H groups in total. The van der Waals surface area contributed by atoms with E-state index in [2.05, 4.69) is 11.6 Å². The number of alkyl halides is 1. The van der Waals surface area contributed by atoms with Gasteiger partial charge in [-0.3, -0.25) is 19.9 Å². The summed E-state index contributed by atoms with van der Waals surface area (Å²) in [5.41, 5.74) is -0.176. The quantitative estimate of drug-likeness (QED) is 0.190. The molecule has 10 heteroatoms. The van der Waals surface area contributed by atoms with Crippen molar-refractivity contribution in [2.75, 3.05) is 5.88 Å². The van der Waals surface area contributed by atoms with Crippen molar-refractivity contribution < 1.29 is 19.6 Å². The molecule has 3 unspecified atom stereocenters. The number of carboxylic acids is 1. The SMILES string of the molecule is C=C(CCl)C(Cc1ccc([N+](=O)[O-])cc1)(C(=O)O)N1C(=O)C2N=C(Cc3ccccc3)SC21. The number of likely N-dealkylation sites (tertiary alicyclic amines) is 1. The molecule has 0 aliphatic carbocycles. The maximum absolute atomic E-state index is 13.1. The fourth-order valence-corrected chi connectivity index (χ4v) is 5.74. The summed E-state index contributed by atoms with van der Waals surface area (Å²) in [6.07, 6.45) is 0.438. The average Bonchev–Trinajstić information content (AvgIpc) is 3.17. The normalized spacial score (nSPS) is 20.9. The minimum atomic E-state index is -1.79. The number of nitrogens with zero attached hydrogens (tertiary/aromatic N) is 3. The highest BCUT2D eigenvalue weighted by Crippen LogP contribution is 2.47. The Morgan fingerprint density at radius 3 is 2.45 bits per heavy atom. The number of carboxylic acid groups (broad SMARTS) is 1. The van der Waals surface area contributed by atoms with Crippen LogP contribution in [0.3, 0.4) is 0 Å². The topological polar surface area (TPSA) is 113 Å². The molecule has 4 rings (SSSR count). The highest BCUT2D eigenvalue weighted by Gasteiger charge is 2.63. The fraction of sp³-hybridized carbons (Fsp3) is 0.261. The van der Waals surface area contributed by atoms with E-state index in [9.17, 15) is 24.8 Å². The van der Waals surface area contributed by atoms with Crippen molar-refractivity contribution in [1.29, 1.82) is 0 Å². The highest BCUT2D eigenvalue weighted by atomic mass is 35.5. The van der Waals surface area contributed by atoms with Crippen molar-refractivity contribution in [2.24, 2.45) is 4.99 Å². The van der Waals surface area contributed by atoms with Crippen LogP contribution < -0.4 is 0 Å². The van der Waals surface area contributed by atoms with Crippen molar-refractivity contribution in [3.05, 3.63) is 88.0 Å². The summed E-state index contributed by atoms with van der Waals surface area (Å²) in [6, 6.07) is 14.6. The zero-order chi connectivity index (χ0) is 23.8. The summed E-state index contributed by atoms with van der Waals surface area (Å²) in [6.45, 7) is 3.89. The Balaban J connectivity index is 1.63. The van der Waals surface area contributed by atoms with Crippen LogP contribution >= 0.6 is 23.4 Å². The largest absolute Gasteiger partial charge is 0.479 e. The molecule has 2 aliphatic rings. The van der Waals surface area contributed by atoms with Gasteiger partial charge in [0.05, 0.1) is 9.97 Å². The number of β-lactam (4-membered cyclic amide) rings is 1. The number of carbonyl (C=O) groups excluding carboxylic acids is 1. The van der Waals surface area contributed by atoms with Crippen molar-refractivity contribution in [1.82, 2.24) is 4.90 Å². The first kappa shape index (κ1) is 23.0. The smallest absolute Gasteiger partial charge is 0.334 e. The Morgan fingerprint density at radius 1 is 1.21 bits per heavy atom. The Hall–Kier alpha value is -3.17. The fourth-order valence-electron chi connectivity index (χ4n) is 4.12. The molecule has 1 amide bonds. The summed E-state index contributed by atoms with van der Waals surface area (Å²) >= 11 is 7.41. The summed E-state index contributed by atoms with van der Waals surface area (Å²) in [4.78, 5) is 42.1. The van der Waals surface area contributed by atoms with Crippen LogP contribution in [0.5, 0.6) is 0 Å². The summed E-state index contributed by atoms with van der Waals surface area (Å²) < 4.78 is 0. The lowest BCUT2D eigenvalue weighted by Crippen LogP contribution is -2.73. The van der Waals surface area contributed by atoms with Gasteiger partial charge in [0.25, 0.3) is 11.6 Å². The van der Waals surface area contributed by atoms with E-state index in [-0.39, 0.29) is 23.6 Å². The van der Waals surface area contributed by atoms with E-state index in [1.165, 1.54) is 40.9 Å². The second-order valence-electron chi connectivity index (χ2n) is 7.85. The summed E-state index contributed by atoms with van der Waals surface area (Å²) in [5.74, 6) is -1.82. The first-order valence-electron chi connectivity index (χ1n) is 10.1. The van der Waals surface area contributed by atoms with Gasteiger partial charge in [0.2, 0.25) is 0 Å². The molecule has 0 radical (unpaired) electrons. The van der Waals surface area contributed by atoms with Crippen molar-refractivity contribution in [3.63, 3.8) is 0 Å². The number of thioether (sulfide) groups is 1. The van der Waals surface area contributed by atoms with Gasteiger partial charge in [-0.05, 0) is 16.7 Å². The molecule has 8 nitrogen and oxygen atoms in total. The van der Waals surface area contributed by atoms with Gasteiger partial charge in [0.1, 0.15) is 5.37 Å². The third-order valence-corrected chi connectivity index (χ3v) is 7.43. The molecule has 0 spiro atoms. The lowest BCUT2D eigenvalue weighted by atomic mass is 9.80. The molecule has 1 fully saturated rings. The van der Waals surface area contributed by atoms with E-state index in [0.29, 0.717) is 12.0 Å². The summed E-state index contributed by atoms with van der Waals surface area (Å²) in [7, 11) is 0. The van der Waals surface area contributed by atoms with Crippen molar-refractivity contribution >= 4 is 46.0 Å². The molecule has 2 aromatic rings. The standard InChI is InChI=1S/C23H20ClN3O5S/c1-14(13-24)23(22(29)30,12-16-7-9-17(10-8-16)27(31)32)26-20(28)19-21(26)33-18(25-19)11-15-5-3-2-4-6-15/h2-10,19,21H,1,11-13H2,(H,29,30). The van der Waals surface area contributed by atoms with E-state index in [1.807, 2.05) is 30.3 Å². The third-order valence-electron chi connectivity index (χ3n) is 5.87. The van der Waals surface area contributed by atoms with Gasteiger partial charge in [0, 0.05) is 30.9 Å². The number of fused-ring (bicyclic) bond motifs is 1. The van der Waals surface area contributed by atoms with Crippen LogP contribution in [-0.2, 0) is 22.4 Å². The maximum Gasteiger partial charge on any atom is 0.334 e. The number of aliphatic carboxylic acids is 1. The molecule has 2 aromatic carbocycles. The van der Waals surface area contributed by atoms with E-state index in [1.54, 1.807) is 0 Å². The number of benzene rings is 2. The number of amides is 1. The van der Waals surface area contributed by atoms with E-state index < -0.39 is 33.8 Å². The number of aliphatic imine (C=N–C) groups is 1. The summed E-state index contributed by atoms with van der Waals surface area (Å²) in [5, 5.41) is 21.6. The molecule has 2 heterocycles. The van der Waals surface area contributed by atoms with Gasteiger partial charge >= 0.3 is 5.97 Å². The van der Waals surface area contributed by atoms with Gasteiger partial charge in [-0.1, -0.05) is 60.8 Å². The molecule has 3 atom stereocenters. The van der Waals surface area contributed by atoms with Gasteiger partial charge in [0.15, 0.2) is 11.6 Å². The third kappa shape index (κ3) is 4.02. The predicted molar refractivity (Wildman–Crippen MR) is 127 cm³/mol. The molecule has 0 bridgehead atoms. The minimum Gasteiger partial charge on any atom is -0.479 e. The molecule has 0 aromatic heterocycles. The van der Waals surface area contributed by atoms with Crippen LogP contribution in [0, 0.1) is 10.1 Å². The van der Waals surface area contributed by atoms with Gasteiger partial charge in [-0.15, -0.1) is 11.6 Å². The lowest BCUT2D eigenvalue weighted by Gasteiger charge is -2.52. The highest BCUT2D eigenvalue weighted by molar-refractivity contribution is 8.14. The first-order chi connectivity index (χ1) is 15.8. The molecule has 0 saturated carbocycles. The predicted octanol–water partition coefficient (Wildman–Crippen LogP) is 3.68. The monoisotopic (exact) mass is 485 g/mol. The van der Waals surface area contributed by atoms with Crippen LogP contribution in [0.15, 0.2) is 71.7 Å². The first-order valence-corrected chi connectivity index (χ1v) is 11.5. The zero-order valence-corrected chi connectivity index (χ0v) is 19.0. The number of hydrogen-bond acceptors (Lipinski definition) is 6. The van der Waals surface area contributed by atoms with Crippen LogP contribution in [-0.4, -0.2) is 54.7 Å². The Morgan fingerprint density at radius 2 is 1.88 bits per heavy atom. The second kappa shape index (κ2) is 8.99. The number of nitro groups is 1. The molecular weight excluding hydrogens is 466 g/mol. The van der Waals surface area contributed by atoms with E-state index in [4.69, 9.17) is 11.6 Å². The van der Waals surface area contributed by atoms with Crippen LogP contribution in [0.25, 0.3) is 0 Å². The van der Waals surface area contributed by atoms with Crippen LogP contribution in [0.1, 0.15) is 11.1 Å². The van der Waals surface area contributed by atoms with Gasteiger partial charge < -0.3 is 10.0 Å². The number of hydrogen-bond donors (Lipinski definition) is 1. The second-order valence-corrected chi connectivity index (χ2v) is 9.31. The molecule has 170 valence electrons. The van der Waals surface area contributed by atoms with Crippen molar-refractivity contribution in [3.8, 4) is 0 Å². The molecule has 33 heavy (non-hydrogen) atoms. The number of carbonyl (C=O) groups is 2. The van der Waals surface area contributed by atoms with Crippen molar-refractivity contribution in [2.45, 2.75) is 29.8 Å². The maximum atomic E-state index is 13.1. The van der Waals surface area contributed by atoms with E-state index in [0.717, 1.165) is 10.6 Å². The molecular formula is C23H20ClN3O5S. The average molecular weight is 486 g/mol. The minimum absolute atomic E-state index is 0.110. The Bertz CT molecular complexity index is 1150. The number of rotatable bonds is 9. The lowest BCUT2D eigenvalue weighted by molar-refractivity contribution is -0.384. The molecule has 1 saturated heterocycles.